The lowest BCUT2D eigenvalue weighted by molar-refractivity contribution is -0.191. The van der Waals surface area contributed by atoms with Crippen LogP contribution in [0.1, 0.15) is 50.5 Å². The van der Waals surface area contributed by atoms with E-state index in [1.807, 2.05) is 0 Å². The Kier molecular flexibility index (Phi) is 6.15. The molecule has 1 aromatic carbocycles. The third kappa shape index (κ3) is 4.87. The predicted octanol–water partition coefficient (Wildman–Crippen LogP) is 3.55. The van der Waals surface area contributed by atoms with E-state index in [1.54, 1.807) is 19.1 Å². The van der Waals surface area contributed by atoms with Gasteiger partial charge in [-0.25, -0.2) is 4.39 Å². The molecule has 1 aliphatic carbocycles. The number of hydrogen-bond acceptors (Lipinski definition) is 6. The van der Waals surface area contributed by atoms with Gasteiger partial charge in [-0.1, -0.05) is 24.2 Å². The Morgan fingerprint density at radius 2 is 2.13 bits per heavy atom. The van der Waals surface area contributed by atoms with Crippen molar-refractivity contribution in [2.45, 2.75) is 64.3 Å². The molecule has 2 aliphatic rings. The van der Waals surface area contributed by atoms with Crippen molar-refractivity contribution in [2.75, 3.05) is 13.2 Å². The average Bonchev–Trinajstić information content (AvgIpc) is 3.37. The Hall–Kier alpha value is -2.32. The zero-order valence-corrected chi connectivity index (χ0v) is 17.4. The number of ether oxygens (including phenoxy) is 2. The maximum absolute atomic E-state index is 13.7. The van der Waals surface area contributed by atoms with E-state index in [4.69, 9.17) is 14.0 Å². The van der Waals surface area contributed by atoms with E-state index in [0.717, 1.165) is 31.6 Å². The molecule has 8 heteroatoms. The summed E-state index contributed by atoms with van der Waals surface area (Å²) >= 11 is 0. The molecule has 1 saturated carbocycles. The number of nitrogens with one attached hydrogen (secondary N) is 1. The zero-order chi connectivity index (χ0) is 21.1. The summed E-state index contributed by atoms with van der Waals surface area (Å²) in [7, 11) is 0. The molecule has 2 heterocycles. The molecular weight excluding hydrogens is 389 g/mol. The van der Waals surface area contributed by atoms with Crippen LogP contribution in [0.3, 0.4) is 0 Å². The molecule has 7 nitrogen and oxygen atoms in total. The van der Waals surface area contributed by atoms with Crippen LogP contribution in [0, 0.1) is 18.7 Å². The van der Waals surface area contributed by atoms with Gasteiger partial charge in [-0.3, -0.25) is 4.79 Å². The Labute approximate surface area is 175 Å². The van der Waals surface area contributed by atoms with Gasteiger partial charge in [0.15, 0.2) is 5.79 Å². The fourth-order valence-electron chi connectivity index (χ4n) is 3.92. The van der Waals surface area contributed by atoms with Crippen molar-refractivity contribution in [3.05, 3.63) is 35.5 Å². The number of aryl methyl sites for hydroxylation is 2. The van der Waals surface area contributed by atoms with E-state index in [1.165, 1.54) is 6.07 Å². The summed E-state index contributed by atoms with van der Waals surface area (Å²) in [5, 5.41) is 6.77. The van der Waals surface area contributed by atoms with Crippen molar-refractivity contribution >= 4 is 5.91 Å². The normalized spacial score (nSPS) is 26.2. The fourth-order valence-corrected chi connectivity index (χ4v) is 3.92. The zero-order valence-electron chi connectivity index (χ0n) is 17.4. The van der Waals surface area contributed by atoms with Crippen LogP contribution < -0.4 is 5.32 Å². The van der Waals surface area contributed by atoms with Gasteiger partial charge in [0.25, 0.3) is 0 Å². The summed E-state index contributed by atoms with van der Waals surface area (Å²) in [5.41, 5.74) is 1.10. The van der Waals surface area contributed by atoms with Crippen LogP contribution in [0.15, 0.2) is 22.7 Å². The third-order valence-electron chi connectivity index (χ3n) is 5.94. The first-order chi connectivity index (χ1) is 14.4. The van der Waals surface area contributed by atoms with E-state index >= 15 is 0 Å². The summed E-state index contributed by atoms with van der Waals surface area (Å²) in [6.07, 6.45) is 4.48. The lowest BCUT2D eigenvalue weighted by atomic mass is 9.86. The molecule has 0 radical (unpaired) electrons. The lowest BCUT2D eigenvalue weighted by Crippen LogP contribution is -2.38. The molecule has 30 heavy (non-hydrogen) atoms. The summed E-state index contributed by atoms with van der Waals surface area (Å²) in [4.78, 5) is 16.5. The molecule has 162 valence electrons. The van der Waals surface area contributed by atoms with E-state index in [9.17, 15) is 9.18 Å². The molecule has 0 bridgehead atoms. The second-order valence-corrected chi connectivity index (χ2v) is 8.42. The minimum Gasteiger partial charge on any atom is -0.353 e. The SMILES string of the molecule is Cc1ccc(-c2noc(CCC(=O)NCC3COC4(CCC(C)CC4)O3)n2)cc1F. The smallest absolute Gasteiger partial charge is 0.227 e. The molecule has 1 aromatic heterocycles. The Morgan fingerprint density at radius 3 is 2.90 bits per heavy atom. The summed E-state index contributed by atoms with van der Waals surface area (Å²) in [6.45, 7) is 4.88. The molecule has 1 unspecified atom stereocenters. The maximum Gasteiger partial charge on any atom is 0.227 e. The fraction of sp³-hybridized carbons (Fsp3) is 0.591. The molecule has 1 amide bonds. The van der Waals surface area contributed by atoms with Crippen molar-refractivity contribution in [3.63, 3.8) is 0 Å². The number of carbonyl (C=O) groups is 1. The number of halogens is 1. The number of rotatable bonds is 6. The van der Waals surface area contributed by atoms with E-state index in [0.29, 0.717) is 42.4 Å². The minimum absolute atomic E-state index is 0.113. The molecular formula is C22H28FN3O4. The second kappa shape index (κ2) is 8.81. The van der Waals surface area contributed by atoms with Crippen LogP contribution in [0.4, 0.5) is 4.39 Å². The van der Waals surface area contributed by atoms with Gasteiger partial charge in [0.2, 0.25) is 17.6 Å². The monoisotopic (exact) mass is 417 g/mol. The highest BCUT2D eigenvalue weighted by molar-refractivity contribution is 5.76. The summed E-state index contributed by atoms with van der Waals surface area (Å²) < 4.78 is 31.0. The molecule has 1 atom stereocenters. The van der Waals surface area contributed by atoms with Gasteiger partial charge < -0.3 is 19.3 Å². The molecule has 2 fully saturated rings. The standard InChI is InChI=1S/C22H28FN3O4/c1-14-7-9-22(10-8-14)28-13-17(29-22)12-24-19(27)5-6-20-25-21(26-30-20)16-4-3-15(2)18(23)11-16/h3-4,11,14,17H,5-10,12-13H2,1-2H3,(H,24,27). The second-order valence-electron chi connectivity index (χ2n) is 8.42. The van der Waals surface area contributed by atoms with Crippen molar-refractivity contribution < 1.29 is 23.2 Å². The number of hydrogen-bond donors (Lipinski definition) is 1. The van der Waals surface area contributed by atoms with Crippen molar-refractivity contribution in [1.29, 1.82) is 0 Å². The summed E-state index contributed by atoms with van der Waals surface area (Å²) in [6, 6.07) is 4.78. The summed E-state index contributed by atoms with van der Waals surface area (Å²) in [5.74, 6) is 0.498. The van der Waals surface area contributed by atoms with Gasteiger partial charge in [0, 0.05) is 37.8 Å². The van der Waals surface area contributed by atoms with Crippen LogP contribution in [0.2, 0.25) is 0 Å². The quantitative estimate of drug-likeness (QED) is 0.774. The molecule has 1 saturated heterocycles. The first kappa shape index (κ1) is 20.9. The molecule has 4 rings (SSSR count). The highest BCUT2D eigenvalue weighted by Crippen LogP contribution is 2.39. The van der Waals surface area contributed by atoms with E-state index in [2.05, 4.69) is 22.4 Å². The molecule has 1 spiro atoms. The average molecular weight is 417 g/mol. The number of amides is 1. The molecule has 2 aromatic rings. The van der Waals surface area contributed by atoms with Crippen molar-refractivity contribution in [1.82, 2.24) is 15.5 Å². The van der Waals surface area contributed by atoms with Gasteiger partial charge in [-0.2, -0.15) is 4.98 Å². The van der Waals surface area contributed by atoms with Crippen LogP contribution in [0.25, 0.3) is 11.4 Å². The highest BCUT2D eigenvalue weighted by atomic mass is 19.1. The van der Waals surface area contributed by atoms with Crippen LogP contribution in [-0.2, 0) is 20.7 Å². The van der Waals surface area contributed by atoms with Gasteiger partial charge in [-0.15, -0.1) is 0 Å². The number of carbonyl (C=O) groups excluding carboxylic acids is 1. The third-order valence-corrected chi connectivity index (χ3v) is 5.94. The van der Waals surface area contributed by atoms with Gasteiger partial charge in [0.1, 0.15) is 11.9 Å². The van der Waals surface area contributed by atoms with Crippen LogP contribution >= 0.6 is 0 Å². The van der Waals surface area contributed by atoms with E-state index < -0.39 is 5.79 Å². The Balaban J connectivity index is 1.21. The Morgan fingerprint density at radius 1 is 1.33 bits per heavy atom. The predicted molar refractivity (Wildman–Crippen MR) is 107 cm³/mol. The van der Waals surface area contributed by atoms with Gasteiger partial charge >= 0.3 is 0 Å². The molecule has 1 N–H and O–H groups in total. The van der Waals surface area contributed by atoms with Crippen molar-refractivity contribution in [2.24, 2.45) is 5.92 Å². The highest BCUT2D eigenvalue weighted by Gasteiger charge is 2.43. The minimum atomic E-state index is -0.447. The maximum atomic E-state index is 13.7. The first-order valence-electron chi connectivity index (χ1n) is 10.6. The lowest BCUT2D eigenvalue weighted by Gasteiger charge is -2.34. The number of aromatic nitrogens is 2. The van der Waals surface area contributed by atoms with Crippen LogP contribution in [0.5, 0.6) is 0 Å². The van der Waals surface area contributed by atoms with Gasteiger partial charge in [0.05, 0.1) is 6.61 Å². The number of benzene rings is 1. The topological polar surface area (TPSA) is 86.5 Å². The number of nitrogens with zero attached hydrogens (tertiary/aromatic N) is 2. The van der Waals surface area contributed by atoms with Crippen molar-refractivity contribution in [3.8, 4) is 11.4 Å². The van der Waals surface area contributed by atoms with Crippen LogP contribution in [-0.4, -0.2) is 41.1 Å². The van der Waals surface area contributed by atoms with E-state index in [-0.39, 0.29) is 24.2 Å². The Bertz CT molecular complexity index is 892. The first-order valence-corrected chi connectivity index (χ1v) is 10.6. The van der Waals surface area contributed by atoms with Gasteiger partial charge in [-0.05, 0) is 37.3 Å². The molecule has 1 aliphatic heterocycles. The largest absolute Gasteiger partial charge is 0.353 e.